The summed E-state index contributed by atoms with van der Waals surface area (Å²) in [6.45, 7) is 0. The summed E-state index contributed by atoms with van der Waals surface area (Å²) in [5, 5.41) is 28.1. The summed E-state index contributed by atoms with van der Waals surface area (Å²) >= 11 is 0. The van der Waals surface area contributed by atoms with E-state index in [9.17, 15) is 25.0 Å². The molecule has 36 heavy (non-hydrogen) atoms. The Morgan fingerprint density at radius 2 is 1.50 bits per heavy atom. The summed E-state index contributed by atoms with van der Waals surface area (Å²) in [6, 6.07) is 15.2. The van der Waals surface area contributed by atoms with E-state index < -0.39 is 27.0 Å². The van der Waals surface area contributed by atoms with E-state index in [1.807, 2.05) is 0 Å². The molecule has 0 aliphatic carbocycles. The highest BCUT2D eigenvalue weighted by molar-refractivity contribution is 6.21. The molecule has 0 saturated heterocycles. The predicted octanol–water partition coefficient (Wildman–Crippen LogP) is 4.34. The van der Waals surface area contributed by atoms with Crippen LogP contribution in [0, 0.1) is 20.2 Å². The fourth-order valence-corrected chi connectivity index (χ4v) is 4.14. The molecule has 180 valence electrons. The maximum Gasteiger partial charge on any atom is 0.286 e. The summed E-state index contributed by atoms with van der Waals surface area (Å²) in [6.07, 6.45) is 1.35. The number of nitrogens with zero attached hydrogens (tertiary/aromatic N) is 5. The van der Waals surface area contributed by atoms with E-state index in [4.69, 9.17) is 9.47 Å². The van der Waals surface area contributed by atoms with E-state index in [0.29, 0.717) is 17.2 Å². The van der Waals surface area contributed by atoms with Gasteiger partial charge >= 0.3 is 0 Å². The van der Waals surface area contributed by atoms with Gasteiger partial charge in [-0.25, -0.2) is 4.68 Å². The van der Waals surface area contributed by atoms with Crippen molar-refractivity contribution in [2.75, 3.05) is 14.2 Å². The van der Waals surface area contributed by atoms with Gasteiger partial charge in [0.25, 0.3) is 11.4 Å². The van der Waals surface area contributed by atoms with Crippen LogP contribution in [0.5, 0.6) is 11.5 Å². The van der Waals surface area contributed by atoms with E-state index in [0.717, 1.165) is 6.07 Å². The molecule has 12 heteroatoms. The van der Waals surface area contributed by atoms with E-state index >= 15 is 0 Å². The average molecular weight is 487 g/mol. The van der Waals surface area contributed by atoms with Gasteiger partial charge in [-0.1, -0.05) is 0 Å². The number of carbonyl (C=O) groups is 1. The normalized spacial score (nSPS) is 11.1. The highest BCUT2D eigenvalue weighted by atomic mass is 16.6. The Labute approximate surface area is 202 Å². The fourth-order valence-electron chi connectivity index (χ4n) is 4.14. The molecule has 0 bridgehead atoms. The zero-order valence-corrected chi connectivity index (χ0v) is 18.9. The molecule has 3 aromatic carbocycles. The van der Waals surface area contributed by atoms with Crippen LogP contribution >= 0.6 is 0 Å². The van der Waals surface area contributed by atoms with Gasteiger partial charge in [-0.3, -0.25) is 29.4 Å². The number of benzene rings is 3. The first-order valence-electron chi connectivity index (χ1n) is 10.5. The van der Waals surface area contributed by atoms with Crippen LogP contribution in [0.25, 0.3) is 22.1 Å². The lowest BCUT2D eigenvalue weighted by atomic mass is 10.0. The molecule has 0 N–H and O–H groups in total. The number of ketones is 1. The van der Waals surface area contributed by atoms with Gasteiger partial charge in [0.2, 0.25) is 5.78 Å². The predicted molar refractivity (Wildman–Crippen MR) is 128 cm³/mol. The Bertz CT molecular complexity index is 1670. The van der Waals surface area contributed by atoms with Gasteiger partial charge in [-0.2, -0.15) is 5.10 Å². The van der Waals surface area contributed by atoms with Gasteiger partial charge in [-0.05, 0) is 48.5 Å². The molecule has 5 aromatic rings. The molecule has 0 aliphatic rings. The Balaban J connectivity index is 1.87. The monoisotopic (exact) mass is 487 g/mol. The van der Waals surface area contributed by atoms with Gasteiger partial charge in [0.05, 0.1) is 41.2 Å². The third kappa shape index (κ3) is 3.48. The zero-order chi connectivity index (χ0) is 25.6. The first-order valence-corrected chi connectivity index (χ1v) is 10.5. The topological polar surface area (TPSA) is 144 Å². The molecule has 0 unspecified atom stereocenters. The number of ether oxygens (including phenoxy) is 2. The van der Waals surface area contributed by atoms with Crippen molar-refractivity contribution in [1.82, 2.24) is 14.2 Å². The number of aromatic nitrogens is 3. The van der Waals surface area contributed by atoms with Gasteiger partial charge in [0, 0.05) is 17.0 Å². The van der Waals surface area contributed by atoms with Crippen LogP contribution in [-0.4, -0.2) is 44.0 Å². The minimum atomic E-state index is -0.731. The average Bonchev–Trinajstić information content (AvgIpc) is 3.46. The smallest absolute Gasteiger partial charge is 0.286 e. The lowest BCUT2D eigenvalue weighted by Crippen LogP contribution is -2.06. The summed E-state index contributed by atoms with van der Waals surface area (Å²) in [5.74, 6) is 0.614. The van der Waals surface area contributed by atoms with Crippen molar-refractivity contribution < 1.29 is 24.1 Å². The summed E-state index contributed by atoms with van der Waals surface area (Å²) in [4.78, 5) is 35.9. The van der Waals surface area contributed by atoms with Crippen LogP contribution in [0.2, 0.25) is 0 Å². The van der Waals surface area contributed by atoms with Crippen molar-refractivity contribution in [2.24, 2.45) is 0 Å². The van der Waals surface area contributed by atoms with Gasteiger partial charge in [-0.15, -0.1) is 0 Å². The molecule has 2 heterocycles. The number of fused-ring (bicyclic) bond motifs is 3. The van der Waals surface area contributed by atoms with Crippen molar-refractivity contribution in [3.05, 3.63) is 98.5 Å². The summed E-state index contributed by atoms with van der Waals surface area (Å²) in [7, 11) is 3.02. The Morgan fingerprint density at radius 3 is 2.06 bits per heavy atom. The molecule has 2 aromatic heterocycles. The van der Waals surface area contributed by atoms with Gasteiger partial charge < -0.3 is 9.47 Å². The first kappa shape index (κ1) is 22.5. The lowest BCUT2D eigenvalue weighted by molar-refractivity contribution is -0.393. The number of nitro groups is 2. The van der Waals surface area contributed by atoms with Crippen LogP contribution < -0.4 is 9.47 Å². The third-order valence-electron chi connectivity index (χ3n) is 5.82. The van der Waals surface area contributed by atoms with Gasteiger partial charge in [0.15, 0.2) is 0 Å². The summed E-state index contributed by atoms with van der Waals surface area (Å²) < 4.78 is 13.2. The number of carbonyl (C=O) groups excluding carboxylic acids is 1. The van der Waals surface area contributed by atoms with Crippen LogP contribution in [0.4, 0.5) is 11.4 Å². The molecule has 12 nitrogen and oxygen atoms in total. The molecule has 0 atom stereocenters. The van der Waals surface area contributed by atoms with Crippen molar-refractivity contribution in [3.63, 3.8) is 0 Å². The Hall–Kier alpha value is -5.26. The minimum absolute atomic E-state index is 0.0221. The molecule has 0 spiro atoms. The lowest BCUT2D eigenvalue weighted by Gasteiger charge is -2.04. The number of hydrogen-bond donors (Lipinski definition) is 0. The fraction of sp³-hybridized carbons (Fsp3) is 0.0833. The Morgan fingerprint density at radius 1 is 0.889 bits per heavy atom. The van der Waals surface area contributed by atoms with Crippen LogP contribution in [-0.2, 0) is 0 Å². The maximum atomic E-state index is 13.7. The molecular weight excluding hydrogens is 470 g/mol. The maximum absolute atomic E-state index is 13.7. The van der Waals surface area contributed by atoms with Crippen molar-refractivity contribution in [3.8, 4) is 17.2 Å². The quantitative estimate of drug-likeness (QED) is 0.187. The number of non-ortho nitro benzene ring substituents is 2. The Kier molecular flexibility index (Phi) is 5.32. The van der Waals surface area contributed by atoms with Crippen molar-refractivity contribution in [2.45, 2.75) is 0 Å². The third-order valence-corrected chi connectivity index (χ3v) is 5.82. The first-order chi connectivity index (χ1) is 17.3. The molecule has 0 amide bonds. The van der Waals surface area contributed by atoms with Crippen molar-refractivity contribution >= 4 is 33.6 Å². The molecule has 0 fully saturated rings. The molecule has 5 rings (SSSR count). The molecular formula is C24H17N5O7. The minimum Gasteiger partial charge on any atom is -0.497 e. The van der Waals surface area contributed by atoms with E-state index in [2.05, 4.69) is 5.10 Å². The van der Waals surface area contributed by atoms with Gasteiger partial charge in [0.1, 0.15) is 29.2 Å². The van der Waals surface area contributed by atoms with Crippen molar-refractivity contribution in [1.29, 1.82) is 0 Å². The second-order valence-corrected chi connectivity index (χ2v) is 7.74. The standard InChI is InChI=1S/C24H17N5O7/c1-35-17-7-3-14(4-8-17)23(30)22-21-19(11-16(28(31)32)12-20(21)29(33)34)24-26(22)13-25-27(24)15-5-9-18(36-2)10-6-15/h3-13H,1-2H3. The number of rotatable bonds is 7. The second-order valence-electron chi connectivity index (χ2n) is 7.74. The highest BCUT2D eigenvalue weighted by Crippen LogP contribution is 2.39. The largest absolute Gasteiger partial charge is 0.497 e. The van der Waals surface area contributed by atoms with E-state index in [1.54, 1.807) is 36.4 Å². The molecule has 0 aliphatic heterocycles. The number of hydrogen-bond acceptors (Lipinski definition) is 8. The van der Waals surface area contributed by atoms with E-state index in [1.165, 1.54) is 47.8 Å². The van der Waals surface area contributed by atoms with E-state index in [-0.39, 0.29) is 27.7 Å². The second kappa shape index (κ2) is 8.51. The summed E-state index contributed by atoms with van der Waals surface area (Å²) in [5.41, 5.74) is 0.00350. The molecule has 0 radical (unpaired) electrons. The van der Waals surface area contributed by atoms with Crippen LogP contribution in [0.1, 0.15) is 16.1 Å². The number of nitro benzene ring substituents is 2. The zero-order valence-electron chi connectivity index (χ0n) is 18.9. The number of methoxy groups -OCH3 is 2. The molecule has 0 saturated carbocycles. The van der Waals surface area contributed by atoms with Crippen LogP contribution in [0.3, 0.4) is 0 Å². The van der Waals surface area contributed by atoms with Crippen LogP contribution in [0.15, 0.2) is 67.0 Å². The highest BCUT2D eigenvalue weighted by Gasteiger charge is 2.31. The SMILES string of the molecule is COc1ccc(C(=O)c2c3c([N+](=O)[O-])cc([N+](=O)[O-])cc3c3n(-c4ccc(OC)cc4)ncn23)cc1.